The van der Waals surface area contributed by atoms with E-state index in [9.17, 15) is 14.3 Å². The summed E-state index contributed by atoms with van der Waals surface area (Å²) in [5, 5.41) is 10.1. The van der Waals surface area contributed by atoms with E-state index in [2.05, 4.69) is 0 Å². The van der Waals surface area contributed by atoms with E-state index in [1.165, 1.54) is 19.1 Å². The highest BCUT2D eigenvalue weighted by molar-refractivity contribution is 5.96. The Morgan fingerprint density at radius 2 is 1.96 bits per heavy atom. The van der Waals surface area contributed by atoms with Gasteiger partial charge in [-0.25, -0.2) is 4.39 Å². The zero-order chi connectivity index (χ0) is 17.5. The Morgan fingerprint density at radius 1 is 1.25 bits per heavy atom. The van der Waals surface area contributed by atoms with Crippen LogP contribution in [0.4, 0.5) is 4.39 Å². The highest BCUT2D eigenvalue weighted by Crippen LogP contribution is 2.20. The van der Waals surface area contributed by atoms with Crippen molar-refractivity contribution in [3.05, 3.63) is 65.5 Å². The van der Waals surface area contributed by atoms with Crippen LogP contribution in [-0.2, 0) is 6.54 Å². The molecule has 0 spiro atoms. The molecular weight excluding hydrogens is 309 g/mol. The molecule has 24 heavy (non-hydrogen) atoms. The molecule has 2 aromatic rings. The van der Waals surface area contributed by atoms with Crippen molar-refractivity contribution in [2.24, 2.45) is 0 Å². The number of ketones is 1. The lowest BCUT2D eigenvalue weighted by Crippen LogP contribution is -2.32. The third-order valence-electron chi connectivity index (χ3n) is 3.57. The zero-order valence-corrected chi connectivity index (χ0v) is 13.9. The summed E-state index contributed by atoms with van der Waals surface area (Å²) in [7, 11) is 1.91. The molecule has 1 unspecified atom stereocenters. The van der Waals surface area contributed by atoms with Crippen LogP contribution in [0, 0.1) is 5.82 Å². The molecule has 128 valence electrons. The van der Waals surface area contributed by atoms with Crippen LogP contribution in [0.25, 0.3) is 0 Å². The average Bonchev–Trinajstić information content (AvgIpc) is 2.54. The quantitative estimate of drug-likeness (QED) is 0.756. The third-order valence-corrected chi connectivity index (χ3v) is 3.57. The lowest BCUT2D eigenvalue weighted by Gasteiger charge is -2.21. The molecule has 0 saturated heterocycles. The summed E-state index contributed by atoms with van der Waals surface area (Å²) in [6.45, 7) is 2.52. The maximum Gasteiger partial charge on any atom is 0.163 e. The number of rotatable bonds is 8. The van der Waals surface area contributed by atoms with Crippen LogP contribution in [0.5, 0.6) is 5.75 Å². The van der Waals surface area contributed by atoms with Crippen molar-refractivity contribution >= 4 is 5.78 Å². The number of aliphatic hydroxyl groups is 1. The number of carbonyl (C=O) groups excluding carboxylic acids is 1. The molecule has 0 aliphatic rings. The first kappa shape index (κ1) is 18.1. The second kappa shape index (κ2) is 8.57. The highest BCUT2D eigenvalue weighted by Gasteiger charge is 2.13. The van der Waals surface area contributed by atoms with Gasteiger partial charge in [0.1, 0.15) is 24.3 Å². The number of ether oxygens (including phenoxy) is 1. The summed E-state index contributed by atoms with van der Waals surface area (Å²) in [5.41, 5.74) is 1.34. The number of likely N-dealkylation sites (N-methyl/N-ethyl adjacent to an activating group) is 1. The van der Waals surface area contributed by atoms with Crippen LogP contribution in [0.1, 0.15) is 22.8 Å². The van der Waals surface area contributed by atoms with Crippen molar-refractivity contribution < 1.29 is 19.0 Å². The number of hydrogen-bond donors (Lipinski definition) is 1. The zero-order valence-electron chi connectivity index (χ0n) is 13.9. The number of nitrogens with zero attached hydrogens (tertiary/aromatic N) is 1. The molecular formula is C19H22FNO3. The minimum atomic E-state index is -0.719. The Morgan fingerprint density at radius 3 is 2.62 bits per heavy atom. The summed E-state index contributed by atoms with van der Waals surface area (Å²) in [5.74, 6) is -0.482. The molecule has 0 heterocycles. The lowest BCUT2D eigenvalue weighted by atomic mass is 10.1. The predicted molar refractivity (Wildman–Crippen MR) is 90.7 cm³/mol. The number of halogens is 1. The molecule has 0 amide bonds. The molecule has 2 aromatic carbocycles. The molecule has 0 aliphatic carbocycles. The van der Waals surface area contributed by atoms with Gasteiger partial charge in [0.05, 0.1) is 5.56 Å². The van der Waals surface area contributed by atoms with Crippen molar-refractivity contribution in [1.82, 2.24) is 4.90 Å². The van der Waals surface area contributed by atoms with E-state index in [0.717, 1.165) is 11.6 Å². The Labute approximate surface area is 141 Å². The van der Waals surface area contributed by atoms with Gasteiger partial charge >= 0.3 is 0 Å². The summed E-state index contributed by atoms with van der Waals surface area (Å²) >= 11 is 0. The van der Waals surface area contributed by atoms with Gasteiger partial charge < -0.3 is 9.84 Å². The predicted octanol–water partition coefficient (Wildman–Crippen LogP) is 2.90. The van der Waals surface area contributed by atoms with Crippen molar-refractivity contribution in [2.75, 3.05) is 20.2 Å². The van der Waals surface area contributed by atoms with Crippen LogP contribution in [0.3, 0.4) is 0 Å². The van der Waals surface area contributed by atoms with Crippen LogP contribution >= 0.6 is 0 Å². The molecule has 1 atom stereocenters. The van der Waals surface area contributed by atoms with Crippen LogP contribution in [0.15, 0.2) is 48.5 Å². The number of carbonyl (C=O) groups is 1. The van der Waals surface area contributed by atoms with E-state index in [-0.39, 0.29) is 23.7 Å². The van der Waals surface area contributed by atoms with Crippen molar-refractivity contribution in [2.45, 2.75) is 19.6 Å². The second-order valence-electron chi connectivity index (χ2n) is 5.84. The van der Waals surface area contributed by atoms with Gasteiger partial charge in [-0.3, -0.25) is 9.69 Å². The van der Waals surface area contributed by atoms with Crippen molar-refractivity contribution in [3.63, 3.8) is 0 Å². The van der Waals surface area contributed by atoms with E-state index in [1.807, 2.05) is 42.3 Å². The Bertz CT molecular complexity index is 676. The summed E-state index contributed by atoms with van der Waals surface area (Å²) in [6, 6.07) is 13.7. The maximum atomic E-state index is 13.2. The molecule has 0 aromatic heterocycles. The van der Waals surface area contributed by atoms with Gasteiger partial charge in [0.2, 0.25) is 0 Å². The fourth-order valence-electron chi connectivity index (χ4n) is 2.46. The number of hydrogen-bond acceptors (Lipinski definition) is 4. The first-order valence-corrected chi connectivity index (χ1v) is 7.79. The van der Waals surface area contributed by atoms with E-state index < -0.39 is 11.9 Å². The first-order chi connectivity index (χ1) is 11.5. The van der Waals surface area contributed by atoms with Crippen molar-refractivity contribution in [3.8, 4) is 5.75 Å². The van der Waals surface area contributed by atoms with Gasteiger partial charge in [0, 0.05) is 13.1 Å². The van der Waals surface area contributed by atoms with Crippen LogP contribution in [0.2, 0.25) is 0 Å². The minimum Gasteiger partial charge on any atom is -0.490 e. The summed E-state index contributed by atoms with van der Waals surface area (Å²) < 4.78 is 18.7. The molecule has 1 N–H and O–H groups in total. The highest BCUT2D eigenvalue weighted by atomic mass is 19.1. The smallest absolute Gasteiger partial charge is 0.163 e. The lowest BCUT2D eigenvalue weighted by molar-refractivity contribution is 0.0734. The van der Waals surface area contributed by atoms with E-state index in [0.29, 0.717) is 13.1 Å². The second-order valence-corrected chi connectivity index (χ2v) is 5.84. The number of benzene rings is 2. The third kappa shape index (κ3) is 5.44. The molecule has 0 fully saturated rings. The standard InChI is InChI=1S/C19H22FNO3/c1-14(22)18-10-16(20)8-9-19(18)24-13-17(23)12-21(2)11-15-6-4-3-5-7-15/h3-10,17,23H,11-13H2,1-2H3. The van der Waals surface area contributed by atoms with Gasteiger partial charge in [-0.15, -0.1) is 0 Å². The minimum absolute atomic E-state index is 0.0328. The van der Waals surface area contributed by atoms with E-state index in [1.54, 1.807) is 0 Å². The SMILES string of the molecule is CC(=O)c1cc(F)ccc1OCC(O)CN(C)Cc1ccccc1. The Balaban J connectivity index is 1.87. The number of Topliss-reactive ketones (excluding diaryl/α,β-unsaturated/α-hetero) is 1. The fraction of sp³-hybridized carbons (Fsp3) is 0.316. The normalized spacial score (nSPS) is 12.2. The Kier molecular flexibility index (Phi) is 6.46. The largest absolute Gasteiger partial charge is 0.490 e. The van der Waals surface area contributed by atoms with Gasteiger partial charge in [-0.1, -0.05) is 30.3 Å². The van der Waals surface area contributed by atoms with Gasteiger partial charge in [0.15, 0.2) is 5.78 Å². The topological polar surface area (TPSA) is 49.8 Å². The monoisotopic (exact) mass is 331 g/mol. The molecule has 2 rings (SSSR count). The van der Waals surface area contributed by atoms with Crippen LogP contribution < -0.4 is 4.74 Å². The maximum absolute atomic E-state index is 13.2. The van der Waals surface area contributed by atoms with E-state index >= 15 is 0 Å². The molecule has 5 heteroatoms. The number of aliphatic hydroxyl groups excluding tert-OH is 1. The van der Waals surface area contributed by atoms with E-state index in [4.69, 9.17) is 4.74 Å². The van der Waals surface area contributed by atoms with Gasteiger partial charge in [0.25, 0.3) is 0 Å². The fourth-order valence-corrected chi connectivity index (χ4v) is 2.46. The molecule has 4 nitrogen and oxygen atoms in total. The summed E-state index contributed by atoms with van der Waals surface area (Å²) in [6.07, 6.45) is -0.719. The first-order valence-electron chi connectivity index (χ1n) is 7.79. The van der Waals surface area contributed by atoms with Crippen LogP contribution in [-0.4, -0.2) is 42.1 Å². The summed E-state index contributed by atoms with van der Waals surface area (Å²) in [4.78, 5) is 13.5. The van der Waals surface area contributed by atoms with Crippen molar-refractivity contribution in [1.29, 1.82) is 0 Å². The molecule has 0 saturated carbocycles. The van der Waals surface area contributed by atoms with Gasteiger partial charge in [-0.2, -0.15) is 0 Å². The Hall–Kier alpha value is -2.24. The van der Waals surface area contributed by atoms with Gasteiger partial charge in [-0.05, 0) is 37.7 Å². The average molecular weight is 331 g/mol. The molecule has 0 aliphatic heterocycles. The molecule has 0 bridgehead atoms. The molecule has 0 radical (unpaired) electrons.